The first-order valence-electron chi connectivity index (χ1n) is 2.26. The van der Waals surface area contributed by atoms with Crippen LogP contribution in [0.1, 0.15) is 10.4 Å². The minimum absolute atomic E-state index is 0. The van der Waals surface area contributed by atoms with Gasteiger partial charge in [-0.1, -0.05) is 12.2 Å². The Morgan fingerprint density at radius 3 is 2.00 bits per heavy atom. The van der Waals surface area contributed by atoms with E-state index in [1.165, 1.54) is 0 Å². The third-order valence-electron chi connectivity index (χ3n) is 0.895. The predicted octanol–water partition coefficient (Wildman–Crippen LogP) is 0.0671. The predicted molar refractivity (Wildman–Crippen MR) is 55.4 cm³/mol. The molecule has 0 bridgehead atoms. The second kappa shape index (κ2) is 9.35. The van der Waals surface area contributed by atoms with Gasteiger partial charge in [0.25, 0.3) is 0 Å². The summed E-state index contributed by atoms with van der Waals surface area (Å²) in [7, 11) is 0. The molecule has 0 saturated heterocycles. The number of aromatic carboxylic acids is 1. The summed E-state index contributed by atoms with van der Waals surface area (Å²) < 4.78 is 2.49. The normalized spacial score (nSPS) is 7.38. The Morgan fingerprint density at radius 1 is 1.38 bits per heavy atom. The van der Waals surface area contributed by atoms with Gasteiger partial charge in [-0.15, -0.1) is 0 Å². The topological polar surface area (TPSA) is 73.3 Å². The van der Waals surface area contributed by atoms with Crippen LogP contribution in [-0.2, 0) is 0 Å². The summed E-state index contributed by atoms with van der Waals surface area (Å²) in [6, 6.07) is 0. The molecule has 0 unspecified atom stereocenters. The number of aromatic amines is 1. The molecule has 0 aromatic carbocycles. The molecule has 1 heterocycles. The number of carboxylic acids is 1. The summed E-state index contributed by atoms with van der Waals surface area (Å²) in [6.07, 6.45) is 0. The first-order chi connectivity index (χ1) is 4.63. The summed E-state index contributed by atoms with van der Waals surface area (Å²) in [6.45, 7) is 0. The fourth-order valence-corrected chi connectivity index (χ4v) is 1.37. The van der Waals surface area contributed by atoms with Gasteiger partial charge >= 0.3 is 5.97 Å². The monoisotopic (exact) mass is 246 g/mol. The summed E-state index contributed by atoms with van der Waals surface area (Å²) in [4.78, 5) is 10.3. The molecule has 0 amide bonds. The number of H-pyrrole nitrogens is 1. The van der Waals surface area contributed by atoms with Gasteiger partial charge in [0.05, 0.1) is 0 Å². The molecule has 1 aromatic heterocycles. The van der Waals surface area contributed by atoms with Crippen molar-refractivity contribution in [2.24, 2.45) is 0 Å². The van der Waals surface area contributed by atoms with Gasteiger partial charge in [-0.2, -0.15) is 0 Å². The van der Waals surface area contributed by atoms with Crippen LogP contribution < -0.4 is 0 Å². The summed E-state index contributed by atoms with van der Waals surface area (Å²) in [5, 5.41) is 17.2. The summed E-state index contributed by atoms with van der Waals surface area (Å²) in [5.41, 5.74) is -0.222. The molecule has 0 aliphatic carbocycles. The van der Waals surface area contributed by atoms with Crippen molar-refractivity contribution >= 4 is 118 Å². The van der Waals surface area contributed by atoms with Crippen molar-refractivity contribution in [3.8, 4) is 5.88 Å². The molecule has 57 valence electrons. The van der Waals surface area contributed by atoms with Gasteiger partial charge in [-0.05, 0) is 11.5 Å². The van der Waals surface area contributed by atoms with Crippen LogP contribution in [0.15, 0.2) is 0 Å². The maximum Gasteiger partial charge on any atom is 0.343 e. The largest absolute Gasteiger partial charge is 0.493 e. The number of aromatic hydroxyl groups is 1. The van der Waals surface area contributed by atoms with Gasteiger partial charge in [0.2, 0.25) is 5.88 Å². The van der Waals surface area contributed by atoms with Crippen molar-refractivity contribution in [1.29, 1.82) is 0 Å². The van der Waals surface area contributed by atoms with Crippen molar-refractivity contribution in [3.05, 3.63) is 9.39 Å². The maximum atomic E-state index is 10.3. The third-order valence-corrected chi connectivity index (χ3v) is 2.03. The van der Waals surface area contributed by atoms with Crippen LogP contribution in [0, 0.1) is 3.82 Å². The zero-order valence-electron chi connectivity index (χ0n) is 7.62. The van der Waals surface area contributed by atoms with Gasteiger partial charge in [-0.3, -0.25) is 4.37 Å². The Labute approximate surface area is 150 Å². The van der Waals surface area contributed by atoms with E-state index in [4.69, 9.17) is 10.2 Å². The smallest absolute Gasteiger partial charge is 0.343 e. The van der Waals surface area contributed by atoms with Crippen LogP contribution in [0.25, 0.3) is 0 Å². The average molecular weight is 246 g/mol. The molecule has 0 fully saturated rings. The minimum Gasteiger partial charge on any atom is -0.493 e. The van der Waals surface area contributed by atoms with E-state index in [-0.39, 0.29) is 104 Å². The van der Waals surface area contributed by atoms with E-state index < -0.39 is 5.97 Å². The Balaban J connectivity index is -0.000000333. The molecular formula is C4H3NNa3O3S2. The van der Waals surface area contributed by atoms with Crippen molar-refractivity contribution < 1.29 is 15.0 Å². The quantitative estimate of drug-likeness (QED) is 0.484. The van der Waals surface area contributed by atoms with Gasteiger partial charge in [0.15, 0.2) is 0 Å². The van der Waals surface area contributed by atoms with Gasteiger partial charge in [0, 0.05) is 88.7 Å². The van der Waals surface area contributed by atoms with Crippen molar-refractivity contribution in [3.63, 3.8) is 0 Å². The molecule has 0 aliphatic rings. The van der Waals surface area contributed by atoms with Crippen LogP contribution in [0.5, 0.6) is 5.88 Å². The Hall–Kier alpha value is 2.12. The standard InChI is InChI=1S/C4H3NO3S2.3Na/c6-2-1(3(7)8)4(9)10-5-2;;;/h5-6H,(H,7,8);;;. The SMILES string of the molecule is O=C(O)c1c(O)[nH]sc1=S.[Na].[Na].[Na]. The number of hydrogen-bond acceptors (Lipinski definition) is 4. The van der Waals surface area contributed by atoms with Crippen molar-refractivity contribution in [1.82, 2.24) is 4.37 Å². The Morgan fingerprint density at radius 2 is 1.85 bits per heavy atom. The molecule has 13 heavy (non-hydrogen) atoms. The number of aromatic nitrogens is 1. The summed E-state index contributed by atoms with van der Waals surface area (Å²) >= 11 is 5.51. The second-order valence-electron chi connectivity index (χ2n) is 1.52. The number of rotatable bonds is 1. The first-order valence-corrected chi connectivity index (χ1v) is 3.49. The van der Waals surface area contributed by atoms with Gasteiger partial charge in [0.1, 0.15) is 9.39 Å². The van der Waals surface area contributed by atoms with Crippen LogP contribution in [0.4, 0.5) is 0 Å². The first kappa shape index (κ1) is 20.5. The van der Waals surface area contributed by atoms with Crippen LogP contribution >= 0.6 is 23.8 Å². The van der Waals surface area contributed by atoms with E-state index in [1.54, 1.807) is 0 Å². The molecule has 1 rings (SSSR count). The van der Waals surface area contributed by atoms with E-state index in [9.17, 15) is 4.79 Å². The Bertz CT molecular complexity index is 323. The number of carboxylic acid groups (broad SMARTS) is 1. The number of carbonyl (C=O) groups is 1. The number of hydrogen-bond donors (Lipinski definition) is 3. The molecular weight excluding hydrogens is 243 g/mol. The van der Waals surface area contributed by atoms with E-state index >= 15 is 0 Å². The molecule has 9 heteroatoms. The van der Waals surface area contributed by atoms with E-state index in [1.807, 2.05) is 0 Å². The number of nitrogens with one attached hydrogen (secondary N) is 1. The zero-order valence-corrected chi connectivity index (χ0v) is 15.3. The molecule has 0 aliphatic heterocycles. The zero-order chi connectivity index (χ0) is 7.72. The van der Waals surface area contributed by atoms with Crippen LogP contribution in [0.3, 0.4) is 0 Å². The fourth-order valence-electron chi connectivity index (χ4n) is 0.482. The van der Waals surface area contributed by atoms with Crippen LogP contribution in [0.2, 0.25) is 0 Å². The second-order valence-corrected chi connectivity index (χ2v) is 3.00. The third kappa shape index (κ3) is 5.67. The minimum atomic E-state index is -1.21. The molecule has 0 saturated carbocycles. The molecule has 3 radical (unpaired) electrons. The van der Waals surface area contributed by atoms with Gasteiger partial charge in [-0.25, -0.2) is 4.79 Å². The van der Waals surface area contributed by atoms with Gasteiger partial charge < -0.3 is 10.2 Å². The van der Waals surface area contributed by atoms with Crippen molar-refractivity contribution in [2.45, 2.75) is 0 Å². The average Bonchev–Trinajstić information content (AvgIpc) is 2.11. The maximum absolute atomic E-state index is 10.3. The molecule has 1 aromatic rings. The van der Waals surface area contributed by atoms with Crippen molar-refractivity contribution in [2.75, 3.05) is 0 Å². The molecule has 0 spiro atoms. The van der Waals surface area contributed by atoms with E-state index in [2.05, 4.69) is 16.6 Å². The fraction of sp³-hybridized carbons (Fsp3) is 0. The molecule has 3 N–H and O–H groups in total. The Kier molecular flexibility index (Phi) is 14.8. The van der Waals surface area contributed by atoms with E-state index in [0.717, 1.165) is 11.5 Å². The van der Waals surface area contributed by atoms with Crippen LogP contribution in [-0.4, -0.2) is 109 Å². The molecule has 0 atom stereocenters. The summed E-state index contributed by atoms with van der Waals surface area (Å²) in [5.74, 6) is -1.58. The van der Waals surface area contributed by atoms with E-state index in [0.29, 0.717) is 0 Å². The molecule has 4 nitrogen and oxygen atoms in total.